The highest BCUT2D eigenvalue weighted by Crippen LogP contribution is 2.16. The Kier molecular flexibility index (Phi) is 6.21. The molecule has 0 aliphatic carbocycles. The van der Waals surface area contributed by atoms with Crippen LogP contribution in [0.5, 0.6) is 0 Å². The van der Waals surface area contributed by atoms with Gasteiger partial charge in [-0.05, 0) is 50.6 Å². The number of aliphatic hydroxyl groups is 1. The molecule has 0 fully saturated rings. The maximum atomic E-state index is 11.9. The molecule has 0 heterocycles. The van der Waals surface area contributed by atoms with Crippen LogP contribution in [0.3, 0.4) is 0 Å². The van der Waals surface area contributed by atoms with Crippen molar-refractivity contribution in [3.63, 3.8) is 0 Å². The van der Waals surface area contributed by atoms with Crippen molar-refractivity contribution in [2.24, 2.45) is 0 Å². The maximum Gasteiger partial charge on any atom is 0.408 e. The van der Waals surface area contributed by atoms with E-state index in [-0.39, 0.29) is 6.61 Å². The molecule has 0 saturated carbocycles. The van der Waals surface area contributed by atoms with Gasteiger partial charge in [0.05, 0.1) is 12.6 Å². The van der Waals surface area contributed by atoms with Crippen molar-refractivity contribution in [1.29, 1.82) is 0 Å². The summed E-state index contributed by atoms with van der Waals surface area (Å²) in [6.07, 6.45) is -0.563. The van der Waals surface area contributed by atoms with Gasteiger partial charge in [0, 0.05) is 11.1 Å². The largest absolute Gasteiger partial charge is 0.444 e. The van der Waals surface area contributed by atoms with Crippen molar-refractivity contribution in [2.45, 2.75) is 32.4 Å². The van der Waals surface area contributed by atoms with Crippen LogP contribution >= 0.6 is 0 Å². The molecule has 1 atom stereocenters. The Morgan fingerprint density at radius 1 is 1.08 bits per heavy atom. The molecule has 4 nitrogen and oxygen atoms in total. The molecule has 0 bridgehead atoms. The monoisotopic (exact) mass is 337 g/mol. The summed E-state index contributed by atoms with van der Waals surface area (Å²) in [5.74, 6) is 6.19. The Labute approximate surface area is 148 Å². The first-order chi connectivity index (χ1) is 11.9. The van der Waals surface area contributed by atoms with E-state index in [9.17, 15) is 9.90 Å². The first-order valence-corrected chi connectivity index (χ1v) is 8.15. The summed E-state index contributed by atoms with van der Waals surface area (Å²) in [7, 11) is 0. The molecular weight excluding hydrogens is 314 g/mol. The quantitative estimate of drug-likeness (QED) is 0.841. The van der Waals surface area contributed by atoms with Crippen molar-refractivity contribution in [2.75, 3.05) is 6.61 Å². The summed E-state index contributed by atoms with van der Waals surface area (Å²) in [5, 5.41) is 12.3. The number of ether oxygens (including phenoxy) is 1. The highest BCUT2D eigenvalue weighted by molar-refractivity contribution is 5.68. The minimum Gasteiger partial charge on any atom is -0.444 e. The predicted molar refractivity (Wildman–Crippen MR) is 98.1 cm³/mol. The van der Waals surface area contributed by atoms with Crippen LogP contribution in [-0.4, -0.2) is 23.4 Å². The molecule has 2 rings (SSSR count). The van der Waals surface area contributed by atoms with Gasteiger partial charge in [0.2, 0.25) is 0 Å². The highest BCUT2D eigenvalue weighted by Gasteiger charge is 2.20. The molecule has 2 aromatic rings. The van der Waals surface area contributed by atoms with Crippen LogP contribution in [0.1, 0.15) is 43.5 Å². The summed E-state index contributed by atoms with van der Waals surface area (Å²) < 4.78 is 5.24. The first kappa shape index (κ1) is 18.6. The van der Waals surface area contributed by atoms with Crippen molar-refractivity contribution in [3.05, 3.63) is 71.3 Å². The molecule has 0 radical (unpaired) electrons. The molecule has 2 aromatic carbocycles. The Hall–Kier alpha value is -2.77. The molecule has 2 N–H and O–H groups in total. The van der Waals surface area contributed by atoms with Gasteiger partial charge in [0.1, 0.15) is 5.60 Å². The van der Waals surface area contributed by atoms with Crippen molar-refractivity contribution >= 4 is 6.09 Å². The zero-order valence-corrected chi connectivity index (χ0v) is 14.7. The van der Waals surface area contributed by atoms with E-state index in [4.69, 9.17) is 4.74 Å². The van der Waals surface area contributed by atoms with Crippen molar-refractivity contribution < 1.29 is 14.6 Å². The third-order valence-electron chi connectivity index (χ3n) is 3.29. The molecule has 0 saturated heterocycles. The Balaban J connectivity index is 2.13. The number of hydrogen-bond acceptors (Lipinski definition) is 3. The van der Waals surface area contributed by atoms with E-state index in [1.807, 2.05) is 54.6 Å². The van der Waals surface area contributed by atoms with Gasteiger partial charge in [-0.3, -0.25) is 0 Å². The second-order valence-corrected chi connectivity index (χ2v) is 6.62. The fraction of sp³-hybridized carbons (Fsp3) is 0.286. The molecule has 0 spiro atoms. The van der Waals surface area contributed by atoms with Gasteiger partial charge in [0.25, 0.3) is 0 Å². The lowest BCUT2D eigenvalue weighted by Gasteiger charge is -2.23. The smallest absolute Gasteiger partial charge is 0.408 e. The topological polar surface area (TPSA) is 58.6 Å². The van der Waals surface area contributed by atoms with E-state index in [0.717, 1.165) is 16.7 Å². The predicted octanol–water partition coefficient (Wildman–Crippen LogP) is 3.64. The minimum absolute atomic E-state index is 0.227. The van der Waals surface area contributed by atoms with Gasteiger partial charge >= 0.3 is 6.09 Å². The number of rotatable bonds is 3. The van der Waals surface area contributed by atoms with E-state index in [1.165, 1.54) is 0 Å². The lowest BCUT2D eigenvalue weighted by molar-refractivity contribution is 0.0482. The van der Waals surface area contributed by atoms with Gasteiger partial charge in [-0.2, -0.15) is 0 Å². The van der Waals surface area contributed by atoms with Crippen LogP contribution in [0.15, 0.2) is 54.6 Å². The van der Waals surface area contributed by atoms with Crippen LogP contribution in [0.4, 0.5) is 4.79 Å². The molecule has 0 aliphatic heterocycles. The minimum atomic E-state index is -0.590. The fourth-order valence-electron chi connectivity index (χ4n) is 2.18. The highest BCUT2D eigenvalue weighted by atomic mass is 16.6. The number of hydrogen-bond donors (Lipinski definition) is 2. The average Bonchev–Trinajstić information content (AvgIpc) is 2.57. The summed E-state index contributed by atoms with van der Waals surface area (Å²) in [6.45, 7) is 5.15. The lowest BCUT2D eigenvalue weighted by Crippen LogP contribution is -2.36. The molecule has 130 valence electrons. The number of carbonyl (C=O) groups excluding carboxylic acids is 1. The van der Waals surface area contributed by atoms with Crippen LogP contribution in [0.2, 0.25) is 0 Å². The van der Waals surface area contributed by atoms with Gasteiger partial charge < -0.3 is 15.2 Å². The van der Waals surface area contributed by atoms with E-state index in [0.29, 0.717) is 0 Å². The first-order valence-electron chi connectivity index (χ1n) is 8.15. The van der Waals surface area contributed by atoms with E-state index >= 15 is 0 Å². The van der Waals surface area contributed by atoms with Gasteiger partial charge in [0.15, 0.2) is 0 Å². The molecule has 1 amide bonds. The molecule has 0 aliphatic rings. The third kappa shape index (κ3) is 6.33. The van der Waals surface area contributed by atoms with Crippen LogP contribution in [0, 0.1) is 11.8 Å². The molecule has 0 aromatic heterocycles. The number of aliphatic hydroxyl groups excluding tert-OH is 1. The Morgan fingerprint density at radius 3 is 2.36 bits per heavy atom. The maximum absolute atomic E-state index is 11.9. The average molecular weight is 337 g/mol. The number of nitrogens with one attached hydrogen (secondary N) is 1. The van der Waals surface area contributed by atoms with Gasteiger partial charge in [-0.25, -0.2) is 4.79 Å². The summed E-state index contributed by atoms with van der Waals surface area (Å²) in [6, 6.07) is 16.6. The number of amides is 1. The van der Waals surface area contributed by atoms with Gasteiger partial charge in [-0.15, -0.1) is 0 Å². The number of benzene rings is 2. The Morgan fingerprint density at radius 2 is 1.72 bits per heavy atom. The Bertz CT molecular complexity index is 767. The lowest BCUT2D eigenvalue weighted by atomic mass is 10.0. The fourth-order valence-corrected chi connectivity index (χ4v) is 2.18. The zero-order valence-electron chi connectivity index (χ0n) is 14.7. The van der Waals surface area contributed by atoms with E-state index in [2.05, 4.69) is 17.2 Å². The van der Waals surface area contributed by atoms with Crippen molar-refractivity contribution in [3.8, 4) is 11.8 Å². The number of carbonyl (C=O) groups is 1. The van der Waals surface area contributed by atoms with Crippen LogP contribution in [0.25, 0.3) is 0 Å². The molecule has 25 heavy (non-hydrogen) atoms. The SMILES string of the molecule is CC(C)(C)OC(=O)N[C@H](CO)c1cccc(C#Cc2ccccc2)c1. The molecule has 0 unspecified atom stereocenters. The normalized spacial score (nSPS) is 11.8. The zero-order chi connectivity index (χ0) is 18.3. The molecule has 4 heteroatoms. The molecular formula is C21H23NO3. The standard InChI is InChI=1S/C21H23NO3/c1-21(2,3)25-20(24)22-19(15-23)18-11-7-10-17(14-18)13-12-16-8-5-4-6-9-16/h4-11,14,19,23H,15H2,1-3H3,(H,22,24)/t19-/m1/s1. The second-order valence-electron chi connectivity index (χ2n) is 6.62. The second kappa shape index (κ2) is 8.36. The van der Waals surface area contributed by atoms with E-state index < -0.39 is 17.7 Å². The summed E-state index contributed by atoms with van der Waals surface area (Å²) >= 11 is 0. The van der Waals surface area contributed by atoms with Crippen molar-refractivity contribution in [1.82, 2.24) is 5.32 Å². The van der Waals surface area contributed by atoms with Gasteiger partial charge in [-0.1, -0.05) is 42.2 Å². The summed E-state index contributed by atoms with van der Waals surface area (Å²) in [4.78, 5) is 11.9. The number of alkyl carbamates (subject to hydrolysis) is 1. The van der Waals surface area contributed by atoms with E-state index in [1.54, 1.807) is 20.8 Å². The third-order valence-corrected chi connectivity index (χ3v) is 3.29. The van der Waals surface area contributed by atoms with Crippen LogP contribution in [-0.2, 0) is 4.74 Å². The van der Waals surface area contributed by atoms with Crippen LogP contribution < -0.4 is 5.32 Å². The summed E-state index contributed by atoms with van der Waals surface area (Å²) in [5.41, 5.74) is 1.92.